The first kappa shape index (κ1) is 15.0. The molecule has 0 N–H and O–H groups in total. The zero-order valence-electron chi connectivity index (χ0n) is 10.5. The van der Waals surface area contributed by atoms with E-state index in [1.165, 1.54) is 25.7 Å². The molecule has 3 nitrogen and oxygen atoms in total. The number of rotatable bonds is 9. The lowest BCUT2D eigenvalue weighted by atomic mass is 10.1. The molecule has 16 heavy (non-hydrogen) atoms. The highest BCUT2D eigenvalue weighted by molar-refractivity contribution is 5.69. The third-order valence-electron chi connectivity index (χ3n) is 2.53. The van der Waals surface area contributed by atoms with Gasteiger partial charge >= 0.3 is 5.97 Å². The third-order valence-corrected chi connectivity index (χ3v) is 2.53. The predicted molar refractivity (Wildman–Crippen MR) is 63.8 cm³/mol. The Bertz CT molecular complexity index is 220. The van der Waals surface area contributed by atoms with Crippen LogP contribution in [0.5, 0.6) is 0 Å². The van der Waals surface area contributed by atoms with E-state index < -0.39 is 6.10 Å². The van der Waals surface area contributed by atoms with Crippen molar-refractivity contribution in [3.63, 3.8) is 0 Å². The summed E-state index contributed by atoms with van der Waals surface area (Å²) in [6.45, 7) is 3.93. The van der Waals surface area contributed by atoms with Gasteiger partial charge in [0.05, 0.1) is 0 Å². The zero-order chi connectivity index (χ0) is 12.2. The van der Waals surface area contributed by atoms with E-state index in [2.05, 4.69) is 6.92 Å². The fraction of sp³-hybridized carbons (Fsp3) is 0.846. The molecule has 0 aromatic carbocycles. The van der Waals surface area contributed by atoms with Gasteiger partial charge in [-0.1, -0.05) is 46.0 Å². The normalized spacial score (nSPS) is 11.8. The molecule has 92 valence electrons. The van der Waals surface area contributed by atoms with Crippen LogP contribution < -0.4 is 0 Å². The number of unbranched alkanes of at least 4 members (excludes halogenated alkanes) is 5. The van der Waals surface area contributed by atoms with Crippen molar-refractivity contribution in [1.82, 2.24) is 0 Å². The Morgan fingerprint density at radius 3 is 2.38 bits per heavy atom. The van der Waals surface area contributed by atoms with Gasteiger partial charge in [-0.2, -0.15) is 5.26 Å². The highest BCUT2D eigenvalue weighted by atomic mass is 16.5. The molecule has 0 saturated heterocycles. The molecule has 0 aromatic rings. The van der Waals surface area contributed by atoms with Gasteiger partial charge in [0.25, 0.3) is 0 Å². The van der Waals surface area contributed by atoms with Crippen LogP contribution >= 0.6 is 0 Å². The maximum Gasteiger partial charge on any atom is 0.306 e. The van der Waals surface area contributed by atoms with Crippen LogP contribution in [-0.4, -0.2) is 12.1 Å². The Hall–Kier alpha value is -1.04. The van der Waals surface area contributed by atoms with Gasteiger partial charge in [-0.3, -0.25) is 4.79 Å². The fourth-order valence-electron chi connectivity index (χ4n) is 1.50. The minimum atomic E-state index is -0.543. The molecule has 0 aliphatic carbocycles. The smallest absolute Gasteiger partial charge is 0.306 e. The van der Waals surface area contributed by atoms with E-state index in [9.17, 15) is 4.79 Å². The Kier molecular flexibility index (Phi) is 9.80. The van der Waals surface area contributed by atoms with Crippen molar-refractivity contribution in [3.05, 3.63) is 0 Å². The molecule has 0 spiro atoms. The highest BCUT2D eigenvalue weighted by Gasteiger charge is 2.11. The number of hydrogen-bond acceptors (Lipinski definition) is 3. The molecule has 0 fully saturated rings. The summed E-state index contributed by atoms with van der Waals surface area (Å²) in [4.78, 5) is 11.0. The van der Waals surface area contributed by atoms with Gasteiger partial charge in [0.1, 0.15) is 6.07 Å². The number of hydrogen-bond donors (Lipinski definition) is 0. The highest BCUT2D eigenvalue weighted by Crippen LogP contribution is 2.10. The van der Waals surface area contributed by atoms with Crippen LogP contribution in [0.4, 0.5) is 0 Å². The van der Waals surface area contributed by atoms with E-state index >= 15 is 0 Å². The van der Waals surface area contributed by atoms with Crippen molar-refractivity contribution in [2.24, 2.45) is 0 Å². The van der Waals surface area contributed by atoms with Gasteiger partial charge in [0.15, 0.2) is 6.10 Å². The Morgan fingerprint density at radius 2 is 1.81 bits per heavy atom. The lowest BCUT2D eigenvalue weighted by molar-refractivity contribution is -0.146. The first-order valence-corrected chi connectivity index (χ1v) is 6.33. The quantitative estimate of drug-likeness (QED) is 0.445. The number of nitriles is 1. The maximum absolute atomic E-state index is 11.0. The monoisotopic (exact) mass is 225 g/mol. The van der Waals surface area contributed by atoms with Crippen LogP contribution in [0.15, 0.2) is 0 Å². The molecular weight excluding hydrogens is 202 g/mol. The molecule has 0 amide bonds. The molecule has 0 saturated carbocycles. The summed E-state index contributed by atoms with van der Waals surface area (Å²) in [6, 6.07) is 2.03. The van der Waals surface area contributed by atoms with Crippen LogP contribution in [-0.2, 0) is 9.53 Å². The molecule has 0 heterocycles. The van der Waals surface area contributed by atoms with Gasteiger partial charge < -0.3 is 4.74 Å². The first-order valence-electron chi connectivity index (χ1n) is 6.33. The lowest BCUT2D eigenvalue weighted by Crippen LogP contribution is -2.15. The summed E-state index contributed by atoms with van der Waals surface area (Å²) in [5, 5.41) is 8.78. The second kappa shape index (κ2) is 10.5. The molecule has 0 unspecified atom stereocenters. The summed E-state index contributed by atoms with van der Waals surface area (Å²) in [6.07, 6.45) is 7.58. The van der Waals surface area contributed by atoms with Gasteiger partial charge in [0.2, 0.25) is 0 Å². The molecule has 0 aliphatic heterocycles. The standard InChI is InChI=1S/C13H23NO2/c1-3-5-6-7-8-9-10-12(11-14)16-13(15)4-2/h12H,3-10H2,1-2H3/t12-/m0/s1. The van der Waals surface area contributed by atoms with E-state index in [0.717, 1.165) is 12.8 Å². The number of carbonyl (C=O) groups is 1. The SMILES string of the molecule is CCCCCCCC[C@@H](C#N)OC(=O)CC. The first-order chi connectivity index (χ1) is 7.74. The van der Waals surface area contributed by atoms with Crippen molar-refractivity contribution < 1.29 is 9.53 Å². The van der Waals surface area contributed by atoms with Crippen molar-refractivity contribution in [1.29, 1.82) is 5.26 Å². The van der Waals surface area contributed by atoms with E-state index in [4.69, 9.17) is 10.00 Å². The third kappa shape index (κ3) is 8.28. The van der Waals surface area contributed by atoms with Gasteiger partial charge in [-0.25, -0.2) is 0 Å². The van der Waals surface area contributed by atoms with E-state index in [1.54, 1.807) is 6.92 Å². The zero-order valence-corrected chi connectivity index (χ0v) is 10.5. The van der Waals surface area contributed by atoms with Crippen LogP contribution in [0.25, 0.3) is 0 Å². The molecule has 1 atom stereocenters. The Balaban J connectivity index is 3.49. The Morgan fingerprint density at radius 1 is 1.19 bits per heavy atom. The molecule has 0 radical (unpaired) electrons. The molecule has 0 rings (SSSR count). The summed E-state index contributed by atoms with van der Waals surface area (Å²) >= 11 is 0. The van der Waals surface area contributed by atoms with Crippen molar-refractivity contribution >= 4 is 5.97 Å². The average molecular weight is 225 g/mol. The second-order valence-corrected chi connectivity index (χ2v) is 4.02. The summed E-state index contributed by atoms with van der Waals surface area (Å²) in [5.74, 6) is -0.280. The Labute approximate surface area is 98.8 Å². The van der Waals surface area contributed by atoms with Crippen molar-refractivity contribution in [2.75, 3.05) is 0 Å². The van der Waals surface area contributed by atoms with Crippen LogP contribution in [0.2, 0.25) is 0 Å². The number of carbonyl (C=O) groups excluding carboxylic acids is 1. The van der Waals surface area contributed by atoms with Crippen LogP contribution in [0.3, 0.4) is 0 Å². The topological polar surface area (TPSA) is 50.1 Å². The molecule has 0 aromatic heterocycles. The van der Waals surface area contributed by atoms with E-state index in [-0.39, 0.29) is 5.97 Å². The van der Waals surface area contributed by atoms with E-state index in [0.29, 0.717) is 12.8 Å². The van der Waals surface area contributed by atoms with Crippen LogP contribution in [0.1, 0.15) is 65.2 Å². The molecule has 0 bridgehead atoms. The van der Waals surface area contributed by atoms with Crippen molar-refractivity contribution in [3.8, 4) is 6.07 Å². The average Bonchev–Trinajstić information content (AvgIpc) is 2.31. The summed E-state index contributed by atoms with van der Waals surface area (Å²) < 4.78 is 4.98. The largest absolute Gasteiger partial charge is 0.447 e. The molecule has 3 heteroatoms. The fourth-order valence-corrected chi connectivity index (χ4v) is 1.50. The number of nitrogens with zero attached hydrogens (tertiary/aromatic N) is 1. The number of esters is 1. The summed E-state index contributed by atoms with van der Waals surface area (Å²) in [7, 11) is 0. The van der Waals surface area contributed by atoms with Gasteiger partial charge in [0, 0.05) is 6.42 Å². The minimum absolute atomic E-state index is 0.280. The molecular formula is C13H23NO2. The summed E-state index contributed by atoms with van der Waals surface area (Å²) in [5.41, 5.74) is 0. The maximum atomic E-state index is 11.0. The molecule has 0 aliphatic rings. The number of ether oxygens (including phenoxy) is 1. The lowest BCUT2D eigenvalue weighted by Gasteiger charge is -2.09. The minimum Gasteiger partial charge on any atom is -0.447 e. The van der Waals surface area contributed by atoms with Crippen LogP contribution in [0, 0.1) is 11.3 Å². The second-order valence-electron chi connectivity index (χ2n) is 4.02. The van der Waals surface area contributed by atoms with Gasteiger partial charge in [-0.05, 0) is 12.8 Å². The predicted octanol–water partition coefficient (Wildman–Crippen LogP) is 3.58. The van der Waals surface area contributed by atoms with E-state index in [1.807, 2.05) is 6.07 Å². The van der Waals surface area contributed by atoms with Gasteiger partial charge in [-0.15, -0.1) is 0 Å². The van der Waals surface area contributed by atoms with Crippen molar-refractivity contribution in [2.45, 2.75) is 71.3 Å².